The van der Waals surface area contributed by atoms with Gasteiger partial charge >= 0.3 is 0 Å². The first-order chi connectivity index (χ1) is 4.38. The lowest BCUT2D eigenvalue weighted by Crippen LogP contribution is -1.82. The number of alkyl halides is 1. The number of fused-ring (bicyclic) bond motifs is 1. The molecule has 1 unspecified atom stereocenters. The average Bonchev–Trinajstić information content (AvgIpc) is 2.35. The van der Waals surface area contributed by atoms with E-state index in [2.05, 4.69) is 4.98 Å². The maximum atomic E-state index is 12.7. The van der Waals surface area contributed by atoms with Crippen LogP contribution in [-0.2, 0) is 6.42 Å². The SMILES string of the molecule is FC1CCc2scnc21. The van der Waals surface area contributed by atoms with Crippen molar-refractivity contribution in [3.63, 3.8) is 0 Å². The van der Waals surface area contributed by atoms with E-state index in [0.717, 1.165) is 11.3 Å². The van der Waals surface area contributed by atoms with Crippen LogP contribution in [0.3, 0.4) is 0 Å². The molecule has 0 saturated carbocycles. The molecule has 0 spiro atoms. The Balaban J connectivity index is 2.49. The van der Waals surface area contributed by atoms with Crippen LogP contribution in [0.4, 0.5) is 4.39 Å². The van der Waals surface area contributed by atoms with Gasteiger partial charge < -0.3 is 0 Å². The summed E-state index contributed by atoms with van der Waals surface area (Å²) in [6.45, 7) is 0. The van der Waals surface area contributed by atoms with Crippen molar-refractivity contribution in [2.75, 3.05) is 0 Å². The third-order valence-corrected chi connectivity index (χ3v) is 2.50. The topological polar surface area (TPSA) is 12.9 Å². The quantitative estimate of drug-likeness (QED) is 0.542. The fourth-order valence-corrected chi connectivity index (χ4v) is 1.95. The van der Waals surface area contributed by atoms with E-state index in [-0.39, 0.29) is 0 Å². The van der Waals surface area contributed by atoms with Gasteiger partial charge in [-0.15, -0.1) is 11.3 Å². The van der Waals surface area contributed by atoms with E-state index in [1.807, 2.05) is 0 Å². The molecule has 9 heavy (non-hydrogen) atoms. The predicted octanol–water partition coefficient (Wildman–Crippen LogP) is 2.10. The van der Waals surface area contributed by atoms with Gasteiger partial charge in [0.2, 0.25) is 0 Å². The van der Waals surface area contributed by atoms with Crippen LogP contribution in [-0.4, -0.2) is 4.98 Å². The number of hydrogen-bond acceptors (Lipinski definition) is 2. The molecule has 48 valence electrons. The summed E-state index contributed by atoms with van der Waals surface area (Å²) in [5, 5.41) is 0. The zero-order chi connectivity index (χ0) is 6.27. The highest BCUT2D eigenvalue weighted by Gasteiger charge is 2.23. The average molecular weight is 143 g/mol. The summed E-state index contributed by atoms with van der Waals surface area (Å²) in [4.78, 5) is 5.06. The molecule has 1 aliphatic rings. The van der Waals surface area contributed by atoms with Crippen molar-refractivity contribution < 1.29 is 4.39 Å². The summed E-state index contributed by atoms with van der Waals surface area (Å²) in [6.07, 6.45) is 0.766. The van der Waals surface area contributed by atoms with E-state index in [4.69, 9.17) is 0 Å². The van der Waals surface area contributed by atoms with Crippen molar-refractivity contribution in [2.24, 2.45) is 0 Å². The van der Waals surface area contributed by atoms with E-state index in [1.165, 1.54) is 0 Å². The lowest BCUT2D eigenvalue weighted by atomic mass is 10.3. The van der Waals surface area contributed by atoms with Gasteiger partial charge in [0.15, 0.2) is 0 Å². The van der Waals surface area contributed by atoms with E-state index in [0.29, 0.717) is 12.1 Å². The minimum atomic E-state index is -0.772. The first kappa shape index (κ1) is 5.35. The van der Waals surface area contributed by atoms with Crippen molar-refractivity contribution in [3.05, 3.63) is 16.1 Å². The fraction of sp³-hybridized carbons (Fsp3) is 0.500. The van der Waals surface area contributed by atoms with Crippen LogP contribution in [0, 0.1) is 0 Å². The molecular formula is C6H6FNS. The van der Waals surface area contributed by atoms with Gasteiger partial charge in [-0.05, 0) is 12.8 Å². The van der Waals surface area contributed by atoms with Gasteiger partial charge in [0.1, 0.15) is 6.17 Å². The Hall–Kier alpha value is -0.440. The maximum absolute atomic E-state index is 12.7. The number of hydrogen-bond donors (Lipinski definition) is 0. The van der Waals surface area contributed by atoms with Crippen molar-refractivity contribution in [1.29, 1.82) is 0 Å². The second kappa shape index (κ2) is 1.77. The minimum absolute atomic E-state index is 0.648. The summed E-state index contributed by atoms with van der Waals surface area (Å²) in [5.41, 5.74) is 2.41. The van der Waals surface area contributed by atoms with E-state index < -0.39 is 6.17 Å². The second-order valence-electron chi connectivity index (χ2n) is 2.17. The standard InChI is InChI=1S/C6H6FNS/c7-4-1-2-5-6(4)8-3-9-5/h3-4H,1-2H2. The molecule has 0 bridgehead atoms. The molecule has 0 fully saturated rings. The fourth-order valence-electron chi connectivity index (χ4n) is 1.12. The van der Waals surface area contributed by atoms with Crippen molar-refractivity contribution in [1.82, 2.24) is 4.98 Å². The minimum Gasteiger partial charge on any atom is -0.246 e. The van der Waals surface area contributed by atoms with Crippen LogP contribution < -0.4 is 0 Å². The van der Waals surface area contributed by atoms with Gasteiger partial charge in [-0.2, -0.15) is 0 Å². The van der Waals surface area contributed by atoms with E-state index in [1.54, 1.807) is 16.8 Å². The number of aromatic nitrogens is 1. The normalized spacial score (nSPS) is 24.3. The first-order valence-corrected chi connectivity index (χ1v) is 3.82. The maximum Gasteiger partial charge on any atom is 0.143 e. The van der Waals surface area contributed by atoms with Crippen LogP contribution in [0.1, 0.15) is 23.2 Å². The molecule has 2 rings (SSSR count). The van der Waals surface area contributed by atoms with Crippen LogP contribution >= 0.6 is 11.3 Å². The zero-order valence-corrected chi connectivity index (χ0v) is 5.62. The van der Waals surface area contributed by atoms with Gasteiger partial charge in [-0.3, -0.25) is 0 Å². The molecule has 0 radical (unpaired) electrons. The molecule has 0 N–H and O–H groups in total. The molecule has 3 heteroatoms. The molecule has 0 aliphatic heterocycles. The summed E-state index contributed by atoms with van der Waals surface area (Å²) in [7, 11) is 0. The summed E-state index contributed by atoms with van der Waals surface area (Å²) in [5.74, 6) is 0. The van der Waals surface area contributed by atoms with Gasteiger partial charge in [-0.1, -0.05) is 0 Å². The van der Waals surface area contributed by atoms with Crippen LogP contribution in [0.5, 0.6) is 0 Å². The number of aryl methyl sites for hydroxylation is 1. The number of halogens is 1. The third-order valence-electron chi connectivity index (χ3n) is 1.59. The monoisotopic (exact) mass is 143 g/mol. The number of rotatable bonds is 0. The third kappa shape index (κ3) is 0.678. The smallest absolute Gasteiger partial charge is 0.143 e. The molecule has 1 aliphatic carbocycles. The van der Waals surface area contributed by atoms with Crippen LogP contribution in [0.15, 0.2) is 5.51 Å². The summed E-state index contributed by atoms with van der Waals surface area (Å²) >= 11 is 1.56. The Labute approximate surface area is 56.5 Å². The molecule has 1 aromatic heterocycles. The zero-order valence-electron chi connectivity index (χ0n) is 4.80. The molecular weight excluding hydrogens is 137 g/mol. The van der Waals surface area contributed by atoms with Crippen molar-refractivity contribution in [3.8, 4) is 0 Å². The predicted molar refractivity (Wildman–Crippen MR) is 34.3 cm³/mol. The van der Waals surface area contributed by atoms with Crippen molar-refractivity contribution >= 4 is 11.3 Å². The molecule has 1 aromatic rings. The van der Waals surface area contributed by atoms with Gasteiger partial charge in [-0.25, -0.2) is 9.37 Å². The highest BCUT2D eigenvalue weighted by Crippen LogP contribution is 2.34. The molecule has 1 nitrogen and oxygen atoms in total. The lowest BCUT2D eigenvalue weighted by molar-refractivity contribution is 0.337. The summed E-state index contributed by atoms with van der Waals surface area (Å²) < 4.78 is 12.7. The highest BCUT2D eigenvalue weighted by atomic mass is 32.1. The number of thiazole rings is 1. The Morgan fingerprint density at radius 2 is 2.67 bits per heavy atom. The Bertz CT molecular complexity index is 221. The Morgan fingerprint density at radius 3 is 3.44 bits per heavy atom. The van der Waals surface area contributed by atoms with Crippen molar-refractivity contribution in [2.45, 2.75) is 19.0 Å². The molecule has 0 saturated heterocycles. The molecule has 1 atom stereocenters. The first-order valence-electron chi connectivity index (χ1n) is 2.94. The van der Waals surface area contributed by atoms with Gasteiger partial charge in [0.25, 0.3) is 0 Å². The Kier molecular flexibility index (Phi) is 1.05. The van der Waals surface area contributed by atoms with E-state index in [9.17, 15) is 4.39 Å². The molecule has 0 amide bonds. The second-order valence-corrected chi connectivity index (χ2v) is 3.11. The van der Waals surface area contributed by atoms with E-state index >= 15 is 0 Å². The molecule has 0 aromatic carbocycles. The Morgan fingerprint density at radius 1 is 1.78 bits per heavy atom. The van der Waals surface area contributed by atoms with Crippen LogP contribution in [0.25, 0.3) is 0 Å². The number of nitrogens with zero attached hydrogens (tertiary/aromatic N) is 1. The highest BCUT2D eigenvalue weighted by molar-refractivity contribution is 7.09. The van der Waals surface area contributed by atoms with Gasteiger partial charge in [0.05, 0.1) is 11.2 Å². The van der Waals surface area contributed by atoms with Crippen LogP contribution in [0.2, 0.25) is 0 Å². The lowest BCUT2D eigenvalue weighted by Gasteiger charge is -1.90. The van der Waals surface area contributed by atoms with Gasteiger partial charge in [0, 0.05) is 4.88 Å². The largest absolute Gasteiger partial charge is 0.246 e. The molecule has 1 heterocycles. The summed E-state index contributed by atoms with van der Waals surface area (Å²) in [6, 6.07) is 0.